The van der Waals surface area contributed by atoms with Gasteiger partial charge in [-0.25, -0.2) is 0 Å². The number of methoxy groups -OCH3 is 1. The van der Waals surface area contributed by atoms with E-state index in [1.165, 1.54) is 5.56 Å². The van der Waals surface area contributed by atoms with Gasteiger partial charge in [0.05, 0.1) is 6.61 Å². The van der Waals surface area contributed by atoms with Crippen LogP contribution in [0.25, 0.3) is 0 Å². The Balaban J connectivity index is 2.08. The number of hydrogen-bond donors (Lipinski definition) is 2. The molecule has 0 spiro atoms. The fourth-order valence-corrected chi connectivity index (χ4v) is 2.36. The van der Waals surface area contributed by atoms with Gasteiger partial charge >= 0.3 is 0 Å². The van der Waals surface area contributed by atoms with E-state index in [-0.39, 0.29) is 18.0 Å². The summed E-state index contributed by atoms with van der Waals surface area (Å²) in [5, 5.41) is 6.23. The van der Waals surface area contributed by atoms with Crippen LogP contribution < -0.4 is 10.6 Å². The highest BCUT2D eigenvalue weighted by atomic mass is 16.5. The van der Waals surface area contributed by atoms with E-state index < -0.39 is 0 Å². The van der Waals surface area contributed by atoms with Crippen molar-refractivity contribution in [3.05, 3.63) is 35.4 Å². The summed E-state index contributed by atoms with van der Waals surface area (Å²) in [6.07, 6.45) is 0.980. The lowest BCUT2D eigenvalue weighted by Crippen LogP contribution is -2.45. The van der Waals surface area contributed by atoms with Gasteiger partial charge in [0.1, 0.15) is 6.04 Å². The van der Waals surface area contributed by atoms with Gasteiger partial charge in [0.15, 0.2) is 0 Å². The summed E-state index contributed by atoms with van der Waals surface area (Å²) in [6.45, 7) is 3.31. The molecule has 2 rings (SSSR count). The molecule has 1 aliphatic heterocycles. The van der Waals surface area contributed by atoms with Crippen molar-refractivity contribution in [2.75, 3.05) is 20.3 Å². The van der Waals surface area contributed by atoms with Gasteiger partial charge in [0.2, 0.25) is 5.91 Å². The van der Waals surface area contributed by atoms with Gasteiger partial charge in [-0.3, -0.25) is 4.79 Å². The third kappa shape index (κ3) is 2.89. The van der Waals surface area contributed by atoms with Crippen LogP contribution in [-0.2, 0) is 16.0 Å². The lowest BCUT2D eigenvalue weighted by Gasteiger charge is -2.27. The second-order valence-electron chi connectivity index (χ2n) is 4.70. The van der Waals surface area contributed by atoms with Crippen molar-refractivity contribution in [1.82, 2.24) is 10.6 Å². The Morgan fingerprint density at radius 1 is 1.56 bits per heavy atom. The maximum Gasteiger partial charge on any atom is 0.242 e. The van der Waals surface area contributed by atoms with Gasteiger partial charge in [-0.05, 0) is 24.5 Å². The summed E-state index contributed by atoms with van der Waals surface area (Å²) in [6, 6.07) is 7.90. The van der Waals surface area contributed by atoms with Crippen LogP contribution in [0.15, 0.2) is 24.3 Å². The largest absolute Gasteiger partial charge is 0.383 e. The Kier molecular flexibility index (Phi) is 4.33. The summed E-state index contributed by atoms with van der Waals surface area (Å²) < 4.78 is 5.03. The summed E-state index contributed by atoms with van der Waals surface area (Å²) in [5.74, 6) is 0.0201. The molecule has 1 aromatic carbocycles. The molecule has 0 radical (unpaired) electrons. The average molecular weight is 248 g/mol. The topological polar surface area (TPSA) is 50.4 Å². The van der Waals surface area contributed by atoms with Crippen molar-refractivity contribution < 1.29 is 9.53 Å². The highest BCUT2D eigenvalue weighted by molar-refractivity contribution is 5.84. The van der Waals surface area contributed by atoms with Crippen molar-refractivity contribution in [2.24, 2.45) is 0 Å². The highest BCUT2D eigenvalue weighted by Crippen LogP contribution is 2.22. The Hall–Kier alpha value is -1.39. The fourth-order valence-electron chi connectivity index (χ4n) is 2.36. The number of amides is 1. The molecule has 0 fully saturated rings. The maximum absolute atomic E-state index is 12.2. The predicted molar refractivity (Wildman–Crippen MR) is 70.4 cm³/mol. The Morgan fingerprint density at radius 3 is 3.11 bits per heavy atom. The van der Waals surface area contributed by atoms with Crippen LogP contribution in [0.3, 0.4) is 0 Å². The Morgan fingerprint density at radius 2 is 2.33 bits per heavy atom. The summed E-state index contributed by atoms with van der Waals surface area (Å²) >= 11 is 0. The third-order valence-corrected chi connectivity index (χ3v) is 3.18. The second-order valence-corrected chi connectivity index (χ2v) is 4.70. The predicted octanol–water partition coefficient (Wildman–Crippen LogP) is 1.02. The third-order valence-electron chi connectivity index (χ3n) is 3.18. The van der Waals surface area contributed by atoms with Gasteiger partial charge in [-0.1, -0.05) is 24.3 Å². The minimum Gasteiger partial charge on any atom is -0.383 e. The first kappa shape index (κ1) is 13.1. The molecule has 4 heteroatoms. The molecule has 0 saturated carbocycles. The summed E-state index contributed by atoms with van der Waals surface area (Å²) in [7, 11) is 1.64. The van der Waals surface area contributed by atoms with E-state index in [0.29, 0.717) is 6.61 Å². The van der Waals surface area contributed by atoms with E-state index in [2.05, 4.69) is 16.7 Å². The molecule has 18 heavy (non-hydrogen) atoms. The number of carbonyl (C=O) groups is 1. The molecule has 1 heterocycles. The van der Waals surface area contributed by atoms with E-state index in [4.69, 9.17) is 4.74 Å². The minimum absolute atomic E-state index is 0.0201. The average Bonchev–Trinajstić information content (AvgIpc) is 2.38. The summed E-state index contributed by atoms with van der Waals surface area (Å²) in [5.41, 5.74) is 2.35. The van der Waals surface area contributed by atoms with Crippen molar-refractivity contribution >= 4 is 5.91 Å². The number of carbonyl (C=O) groups excluding carboxylic acids is 1. The molecule has 2 N–H and O–H groups in total. The lowest BCUT2D eigenvalue weighted by molar-refractivity contribution is -0.124. The van der Waals surface area contributed by atoms with E-state index in [1.54, 1.807) is 7.11 Å². The van der Waals surface area contributed by atoms with Crippen LogP contribution >= 0.6 is 0 Å². The second kappa shape index (κ2) is 5.98. The fraction of sp³-hybridized carbons (Fsp3) is 0.500. The number of ether oxygens (including phenoxy) is 1. The lowest BCUT2D eigenvalue weighted by atomic mass is 9.94. The molecule has 4 nitrogen and oxygen atoms in total. The normalized spacial score (nSPS) is 20.0. The first-order valence-corrected chi connectivity index (χ1v) is 6.33. The van der Waals surface area contributed by atoms with Crippen LogP contribution in [-0.4, -0.2) is 32.2 Å². The monoisotopic (exact) mass is 248 g/mol. The molecular weight excluding hydrogens is 228 g/mol. The van der Waals surface area contributed by atoms with Crippen molar-refractivity contribution in [1.29, 1.82) is 0 Å². The van der Waals surface area contributed by atoms with Crippen molar-refractivity contribution in [2.45, 2.75) is 25.4 Å². The van der Waals surface area contributed by atoms with Crippen LogP contribution in [0, 0.1) is 0 Å². The Bertz CT molecular complexity index is 420. The molecule has 2 atom stereocenters. The van der Waals surface area contributed by atoms with Gasteiger partial charge in [-0.2, -0.15) is 0 Å². The molecule has 0 aliphatic carbocycles. The van der Waals surface area contributed by atoms with E-state index in [9.17, 15) is 4.79 Å². The van der Waals surface area contributed by atoms with Gasteiger partial charge < -0.3 is 15.4 Å². The molecule has 1 aliphatic rings. The smallest absolute Gasteiger partial charge is 0.242 e. The molecular formula is C14H20N2O2. The molecule has 0 bridgehead atoms. The van der Waals surface area contributed by atoms with E-state index >= 15 is 0 Å². The first-order chi connectivity index (χ1) is 8.72. The van der Waals surface area contributed by atoms with Crippen molar-refractivity contribution in [3.63, 3.8) is 0 Å². The molecule has 0 saturated heterocycles. The number of nitrogens with one attached hydrogen (secondary N) is 2. The van der Waals surface area contributed by atoms with Gasteiger partial charge in [0, 0.05) is 19.7 Å². The molecule has 0 aromatic heterocycles. The number of hydrogen-bond acceptors (Lipinski definition) is 3. The molecule has 98 valence electrons. The van der Waals surface area contributed by atoms with Gasteiger partial charge in [0.25, 0.3) is 0 Å². The van der Waals surface area contributed by atoms with Crippen molar-refractivity contribution in [3.8, 4) is 0 Å². The minimum atomic E-state index is -0.241. The molecule has 2 unspecified atom stereocenters. The van der Waals surface area contributed by atoms with Crippen LogP contribution in [0.1, 0.15) is 24.1 Å². The van der Waals surface area contributed by atoms with Gasteiger partial charge in [-0.15, -0.1) is 0 Å². The van der Waals surface area contributed by atoms with E-state index in [1.807, 2.05) is 25.1 Å². The highest BCUT2D eigenvalue weighted by Gasteiger charge is 2.26. The SMILES string of the molecule is COCC(C)NC(=O)C1NCCc2ccccc21. The Labute approximate surface area is 108 Å². The molecule has 1 aromatic rings. The number of fused-ring (bicyclic) bond motifs is 1. The van der Waals surface area contributed by atoms with Crippen LogP contribution in [0.2, 0.25) is 0 Å². The summed E-state index contributed by atoms with van der Waals surface area (Å²) in [4.78, 5) is 12.2. The maximum atomic E-state index is 12.2. The molecule has 1 amide bonds. The number of rotatable bonds is 4. The zero-order valence-electron chi connectivity index (χ0n) is 10.9. The van der Waals surface area contributed by atoms with Crippen LogP contribution in [0.4, 0.5) is 0 Å². The van der Waals surface area contributed by atoms with E-state index in [0.717, 1.165) is 18.5 Å². The quantitative estimate of drug-likeness (QED) is 0.836. The zero-order chi connectivity index (χ0) is 13.0. The number of benzene rings is 1. The standard InChI is InChI=1S/C14H20N2O2/c1-10(9-18-2)16-14(17)13-12-6-4-3-5-11(12)7-8-15-13/h3-6,10,13,15H,7-9H2,1-2H3,(H,16,17). The first-order valence-electron chi connectivity index (χ1n) is 6.33. The van der Waals surface area contributed by atoms with Crippen LogP contribution in [0.5, 0.6) is 0 Å². The zero-order valence-corrected chi connectivity index (χ0v) is 10.9.